The summed E-state index contributed by atoms with van der Waals surface area (Å²) >= 11 is 5.92. The Labute approximate surface area is 121 Å². The molecule has 5 heteroatoms. The molecule has 4 nitrogen and oxygen atoms in total. The van der Waals surface area contributed by atoms with Gasteiger partial charge in [-0.3, -0.25) is 9.59 Å². The second kappa shape index (κ2) is 6.39. The van der Waals surface area contributed by atoms with Gasteiger partial charge in [0.1, 0.15) is 5.56 Å². The summed E-state index contributed by atoms with van der Waals surface area (Å²) in [5.41, 5.74) is 0.762. The van der Waals surface area contributed by atoms with E-state index in [1.165, 1.54) is 12.3 Å². The topological polar surface area (TPSA) is 62.0 Å². The van der Waals surface area contributed by atoms with Gasteiger partial charge >= 0.3 is 0 Å². The van der Waals surface area contributed by atoms with E-state index in [9.17, 15) is 9.59 Å². The predicted molar refractivity (Wildman–Crippen MR) is 79.1 cm³/mol. The van der Waals surface area contributed by atoms with Gasteiger partial charge < -0.3 is 10.3 Å². The first-order valence-corrected chi connectivity index (χ1v) is 6.67. The van der Waals surface area contributed by atoms with E-state index >= 15 is 0 Å². The first-order chi connectivity index (χ1) is 9.56. The summed E-state index contributed by atoms with van der Waals surface area (Å²) in [6, 6.07) is 10.5. The van der Waals surface area contributed by atoms with Gasteiger partial charge in [0.15, 0.2) is 0 Å². The third kappa shape index (κ3) is 3.71. The maximum absolute atomic E-state index is 12.0. The molecule has 0 radical (unpaired) electrons. The lowest BCUT2D eigenvalue weighted by Gasteiger charge is -2.13. The van der Waals surface area contributed by atoms with Crippen molar-refractivity contribution in [2.24, 2.45) is 0 Å². The van der Waals surface area contributed by atoms with Crippen LogP contribution in [0.2, 0.25) is 5.02 Å². The zero-order valence-electron chi connectivity index (χ0n) is 11.0. The molecule has 2 aromatic rings. The Morgan fingerprint density at radius 1 is 1.35 bits per heavy atom. The number of halogens is 1. The molecule has 0 fully saturated rings. The molecule has 0 saturated carbocycles. The Hall–Kier alpha value is -2.07. The number of carbonyl (C=O) groups excluding carboxylic acids is 1. The van der Waals surface area contributed by atoms with Crippen molar-refractivity contribution in [3.63, 3.8) is 0 Å². The number of benzene rings is 1. The average Bonchev–Trinajstić information content (AvgIpc) is 2.38. The highest BCUT2D eigenvalue weighted by molar-refractivity contribution is 6.30. The van der Waals surface area contributed by atoms with Gasteiger partial charge in [-0.05, 0) is 43.2 Å². The van der Waals surface area contributed by atoms with E-state index in [2.05, 4.69) is 10.3 Å². The normalized spacial score (nSPS) is 11.9. The minimum atomic E-state index is -0.389. The van der Waals surface area contributed by atoms with Crippen LogP contribution in [-0.2, 0) is 6.42 Å². The van der Waals surface area contributed by atoms with Crippen LogP contribution in [0, 0.1) is 0 Å². The molecular weight excluding hydrogens is 276 g/mol. The quantitative estimate of drug-likeness (QED) is 0.908. The van der Waals surface area contributed by atoms with Gasteiger partial charge in [0.05, 0.1) is 0 Å². The summed E-state index contributed by atoms with van der Waals surface area (Å²) in [4.78, 5) is 26.0. The molecule has 1 heterocycles. The largest absolute Gasteiger partial charge is 0.349 e. The minimum Gasteiger partial charge on any atom is -0.349 e. The maximum atomic E-state index is 12.0. The highest BCUT2D eigenvalue weighted by Crippen LogP contribution is 2.12. The highest BCUT2D eigenvalue weighted by atomic mass is 35.5. The van der Waals surface area contributed by atoms with Gasteiger partial charge in [-0.1, -0.05) is 23.7 Å². The van der Waals surface area contributed by atoms with Crippen LogP contribution in [0.3, 0.4) is 0 Å². The first kappa shape index (κ1) is 14.3. The van der Waals surface area contributed by atoms with Crippen LogP contribution < -0.4 is 10.9 Å². The number of aromatic amines is 1. The van der Waals surface area contributed by atoms with Crippen LogP contribution in [-0.4, -0.2) is 16.9 Å². The number of pyridine rings is 1. The van der Waals surface area contributed by atoms with Crippen molar-refractivity contribution in [3.8, 4) is 0 Å². The summed E-state index contributed by atoms with van der Waals surface area (Å²) in [7, 11) is 0. The molecule has 2 rings (SSSR count). The van der Waals surface area contributed by atoms with Gasteiger partial charge in [-0.15, -0.1) is 0 Å². The number of hydrogen-bond donors (Lipinski definition) is 2. The Morgan fingerprint density at radius 2 is 2.15 bits per heavy atom. The van der Waals surface area contributed by atoms with Crippen molar-refractivity contribution in [1.29, 1.82) is 0 Å². The van der Waals surface area contributed by atoms with E-state index in [0.29, 0.717) is 11.4 Å². The second-order valence-electron chi connectivity index (χ2n) is 4.62. The summed E-state index contributed by atoms with van der Waals surface area (Å²) in [6.07, 6.45) is 2.14. The van der Waals surface area contributed by atoms with Crippen molar-refractivity contribution in [1.82, 2.24) is 10.3 Å². The fraction of sp³-hybridized carbons (Fsp3) is 0.200. The van der Waals surface area contributed by atoms with Crippen LogP contribution in [0.5, 0.6) is 0 Å². The molecule has 104 valence electrons. The van der Waals surface area contributed by atoms with Crippen molar-refractivity contribution in [2.45, 2.75) is 19.4 Å². The SMILES string of the molecule is C[C@H](Cc1cccc(Cl)c1)NC(=O)c1ccc[nH]c1=O. The van der Waals surface area contributed by atoms with Crippen LogP contribution in [0.4, 0.5) is 0 Å². The molecule has 20 heavy (non-hydrogen) atoms. The van der Waals surface area contributed by atoms with E-state index in [4.69, 9.17) is 11.6 Å². The van der Waals surface area contributed by atoms with Crippen LogP contribution in [0.1, 0.15) is 22.8 Å². The smallest absolute Gasteiger partial charge is 0.260 e. The fourth-order valence-corrected chi connectivity index (χ4v) is 2.18. The van der Waals surface area contributed by atoms with Crippen LogP contribution in [0.15, 0.2) is 47.4 Å². The molecule has 0 aliphatic carbocycles. The van der Waals surface area contributed by atoms with Gasteiger partial charge in [-0.25, -0.2) is 0 Å². The number of H-pyrrole nitrogens is 1. The van der Waals surface area contributed by atoms with Crippen molar-refractivity contribution < 1.29 is 4.79 Å². The Kier molecular flexibility index (Phi) is 4.58. The Morgan fingerprint density at radius 3 is 2.85 bits per heavy atom. The maximum Gasteiger partial charge on any atom is 0.260 e. The molecule has 2 N–H and O–H groups in total. The number of aromatic nitrogens is 1. The summed E-state index contributed by atoms with van der Waals surface area (Å²) in [6.45, 7) is 1.88. The number of carbonyl (C=O) groups is 1. The highest BCUT2D eigenvalue weighted by Gasteiger charge is 2.13. The molecule has 0 unspecified atom stereocenters. The predicted octanol–water partition coefficient (Wildman–Crippen LogP) is 2.39. The lowest BCUT2D eigenvalue weighted by molar-refractivity contribution is 0.0938. The minimum absolute atomic E-state index is 0.0967. The molecule has 0 aliphatic rings. The van der Waals surface area contributed by atoms with Crippen LogP contribution in [0.25, 0.3) is 0 Å². The van der Waals surface area contributed by atoms with E-state index in [-0.39, 0.29) is 23.1 Å². The van der Waals surface area contributed by atoms with Gasteiger partial charge in [0, 0.05) is 17.3 Å². The third-order valence-corrected chi connectivity index (χ3v) is 3.11. The van der Waals surface area contributed by atoms with Crippen LogP contribution >= 0.6 is 11.6 Å². The average molecular weight is 291 g/mol. The summed E-state index contributed by atoms with van der Waals surface area (Å²) in [5, 5.41) is 3.47. The monoisotopic (exact) mass is 290 g/mol. The standard InChI is InChI=1S/C15H15ClN2O2/c1-10(8-11-4-2-5-12(16)9-11)18-15(20)13-6-3-7-17-14(13)19/h2-7,9-10H,8H2,1H3,(H,17,19)(H,18,20)/t10-/m1/s1. The van der Waals surface area contributed by atoms with Gasteiger partial charge in [0.2, 0.25) is 0 Å². The van der Waals surface area contributed by atoms with Gasteiger partial charge in [0.25, 0.3) is 11.5 Å². The van der Waals surface area contributed by atoms with E-state index in [1.807, 2.05) is 25.1 Å². The molecule has 0 saturated heterocycles. The molecular formula is C15H15ClN2O2. The van der Waals surface area contributed by atoms with Crippen molar-refractivity contribution >= 4 is 17.5 Å². The summed E-state index contributed by atoms with van der Waals surface area (Å²) < 4.78 is 0. The number of hydrogen-bond acceptors (Lipinski definition) is 2. The Balaban J connectivity index is 2.01. The van der Waals surface area contributed by atoms with E-state index in [1.54, 1.807) is 12.1 Å². The molecule has 1 amide bonds. The molecule has 1 atom stereocenters. The molecule has 0 aliphatic heterocycles. The van der Waals surface area contributed by atoms with Gasteiger partial charge in [-0.2, -0.15) is 0 Å². The molecule has 0 bridgehead atoms. The fourth-order valence-electron chi connectivity index (χ4n) is 1.97. The number of nitrogens with one attached hydrogen (secondary N) is 2. The lowest BCUT2D eigenvalue weighted by atomic mass is 10.1. The first-order valence-electron chi connectivity index (χ1n) is 6.29. The zero-order valence-corrected chi connectivity index (χ0v) is 11.8. The third-order valence-electron chi connectivity index (χ3n) is 2.87. The number of rotatable bonds is 4. The lowest BCUT2D eigenvalue weighted by Crippen LogP contribution is -2.36. The zero-order chi connectivity index (χ0) is 14.5. The Bertz CT molecular complexity index is 667. The number of amides is 1. The van der Waals surface area contributed by atoms with E-state index < -0.39 is 0 Å². The summed E-state index contributed by atoms with van der Waals surface area (Å²) in [5.74, 6) is -0.374. The molecule has 1 aromatic heterocycles. The molecule has 1 aromatic carbocycles. The second-order valence-corrected chi connectivity index (χ2v) is 5.06. The van der Waals surface area contributed by atoms with Crippen molar-refractivity contribution in [2.75, 3.05) is 0 Å². The molecule has 0 spiro atoms. The van der Waals surface area contributed by atoms with E-state index in [0.717, 1.165) is 5.56 Å². The van der Waals surface area contributed by atoms with Crippen molar-refractivity contribution in [3.05, 3.63) is 69.1 Å².